The van der Waals surface area contributed by atoms with E-state index in [1.165, 1.54) is 0 Å². The lowest BCUT2D eigenvalue weighted by atomic mass is 9.91. The van der Waals surface area contributed by atoms with Crippen molar-refractivity contribution in [3.05, 3.63) is 65.7 Å². The summed E-state index contributed by atoms with van der Waals surface area (Å²) in [6.07, 6.45) is -0.570. The van der Waals surface area contributed by atoms with Gasteiger partial charge in [0.1, 0.15) is 0 Å². The number of benzene rings is 2. The van der Waals surface area contributed by atoms with E-state index in [2.05, 4.69) is 0 Å². The second-order valence-corrected chi connectivity index (χ2v) is 6.30. The zero-order valence-electron chi connectivity index (χ0n) is 15.2. The van der Waals surface area contributed by atoms with Crippen LogP contribution in [0.3, 0.4) is 0 Å². The first-order valence-corrected chi connectivity index (χ1v) is 9.01. The van der Waals surface area contributed by atoms with E-state index in [0.717, 1.165) is 11.3 Å². The molecule has 2 aromatic rings. The highest BCUT2D eigenvalue weighted by atomic mass is 16.7. The van der Waals surface area contributed by atoms with E-state index in [1.807, 2.05) is 62.4 Å². The molecule has 1 aliphatic rings. The summed E-state index contributed by atoms with van der Waals surface area (Å²) < 4.78 is 11.1. The van der Waals surface area contributed by atoms with Gasteiger partial charge in [-0.3, -0.25) is 4.79 Å². The van der Waals surface area contributed by atoms with Gasteiger partial charge in [-0.25, -0.2) is 0 Å². The van der Waals surface area contributed by atoms with Crippen molar-refractivity contribution < 1.29 is 19.4 Å². The predicted molar refractivity (Wildman–Crippen MR) is 99.6 cm³/mol. The Balaban J connectivity index is 1.93. The van der Waals surface area contributed by atoms with Crippen LogP contribution in [0.1, 0.15) is 31.4 Å². The Kier molecular flexibility index (Phi) is 5.71. The smallest absolute Gasteiger partial charge is 0.264 e. The summed E-state index contributed by atoms with van der Waals surface area (Å²) >= 11 is 0. The van der Waals surface area contributed by atoms with Gasteiger partial charge in [0.2, 0.25) is 0 Å². The van der Waals surface area contributed by atoms with Crippen LogP contribution in [0.25, 0.3) is 0 Å². The molecular weight excluding hydrogens is 330 g/mol. The molecule has 1 aliphatic heterocycles. The molecule has 1 N–H and O–H groups in total. The number of ether oxygens (including phenoxy) is 2. The summed E-state index contributed by atoms with van der Waals surface area (Å²) in [5.41, 5.74) is 0.687. The SMILES string of the molecule is CCOC(C[C@@]1(O)C(=O)N(Cc2ccccc2)c2ccccc21)OCC. The number of hydrogen-bond donors (Lipinski definition) is 1. The largest absolute Gasteiger partial charge is 0.375 e. The summed E-state index contributed by atoms with van der Waals surface area (Å²) in [4.78, 5) is 14.8. The predicted octanol–water partition coefficient (Wildman–Crippen LogP) is 3.21. The molecule has 0 radical (unpaired) electrons. The number of para-hydroxylation sites is 1. The molecule has 0 fully saturated rings. The fraction of sp³-hybridized carbons (Fsp3) is 0.381. The molecule has 0 spiro atoms. The number of anilines is 1. The van der Waals surface area contributed by atoms with Crippen LogP contribution in [0.15, 0.2) is 54.6 Å². The maximum absolute atomic E-state index is 13.2. The number of rotatable bonds is 8. The van der Waals surface area contributed by atoms with Crippen molar-refractivity contribution in [1.29, 1.82) is 0 Å². The van der Waals surface area contributed by atoms with Crippen LogP contribution in [-0.4, -0.2) is 30.5 Å². The van der Waals surface area contributed by atoms with Crippen LogP contribution in [0.4, 0.5) is 5.69 Å². The van der Waals surface area contributed by atoms with Crippen molar-refractivity contribution >= 4 is 11.6 Å². The van der Waals surface area contributed by atoms with E-state index < -0.39 is 11.9 Å². The van der Waals surface area contributed by atoms with E-state index in [0.29, 0.717) is 25.3 Å². The van der Waals surface area contributed by atoms with Gasteiger partial charge in [-0.1, -0.05) is 48.5 Å². The second kappa shape index (κ2) is 7.99. The highest BCUT2D eigenvalue weighted by molar-refractivity contribution is 6.06. The third-order valence-electron chi connectivity index (χ3n) is 4.59. The lowest BCUT2D eigenvalue weighted by Gasteiger charge is -2.27. The molecule has 0 aliphatic carbocycles. The monoisotopic (exact) mass is 355 g/mol. The Morgan fingerprint density at radius 1 is 1.00 bits per heavy atom. The molecule has 0 bridgehead atoms. The van der Waals surface area contributed by atoms with Gasteiger partial charge >= 0.3 is 0 Å². The lowest BCUT2D eigenvalue weighted by Crippen LogP contribution is -2.43. The minimum atomic E-state index is -1.65. The molecule has 26 heavy (non-hydrogen) atoms. The molecule has 138 valence electrons. The molecule has 0 saturated carbocycles. The van der Waals surface area contributed by atoms with Gasteiger partial charge in [0.25, 0.3) is 5.91 Å². The maximum Gasteiger partial charge on any atom is 0.264 e. The van der Waals surface area contributed by atoms with E-state index in [-0.39, 0.29) is 12.3 Å². The third-order valence-corrected chi connectivity index (χ3v) is 4.59. The van der Waals surface area contributed by atoms with Crippen LogP contribution in [0.5, 0.6) is 0 Å². The number of fused-ring (bicyclic) bond motifs is 1. The zero-order valence-corrected chi connectivity index (χ0v) is 15.2. The van der Waals surface area contributed by atoms with Crippen molar-refractivity contribution in [2.75, 3.05) is 18.1 Å². The van der Waals surface area contributed by atoms with Crippen molar-refractivity contribution in [3.8, 4) is 0 Å². The average Bonchev–Trinajstić information content (AvgIpc) is 2.85. The second-order valence-electron chi connectivity index (χ2n) is 6.30. The van der Waals surface area contributed by atoms with Crippen molar-refractivity contribution in [2.45, 2.75) is 38.7 Å². The molecular formula is C21H25NO4. The Morgan fingerprint density at radius 2 is 1.62 bits per heavy atom. The van der Waals surface area contributed by atoms with Gasteiger partial charge in [-0.15, -0.1) is 0 Å². The molecule has 0 aromatic heterocycles. The average molecular weight is 355 g/mol. The first-order valence-electron chi connectivity index (χ1n) is 9.01. The van der Waals surface area contributed by atoms with E-state index in [1.54, 1.807) is 11.0 Å². The highest BCUT2D eigenvalue weighted by Gasteiger charge is 2.51. The lowest BCUT2D eigenvalue weighted by molar-refractivity contribution is -0.176. The Bertz CT molecular complexity index is 743. The van der Waals surface area contributed by atoms with Crippen LogP contribution in [-0.2, 0) is 26.4 Å². The molecule has 1 amide bonds. The van der Waals surface area contributed by atoms with Crippen LogP contribution >= 0.6 is 0 Å². The molecule has 3 rings (SSSR count). The van der Waals surface area contributed by atoms with Crippen molar-refractivity contribution in [1.82, 2.24) is 0 Å². The Hall–Kier alpha value is -2.21. The Morgan fingerprint density at radius 3 is 2.27 bits per heavy atom. The number of nitrogens with zero attached hydrogens (tertiary/aromatic N) is 1. The summed E-state index contributed by atoms with van der Waals surface area (Å²) in [6, 6.07) is 17.1. The third kappa shape index (κ3) is 3.51. The van der Waals surface area contributed by atoms with Gasteiger partial charge in [0.05, 0.1) is 12.2 Å². The molecule has 5 nitrogen and oxygen atoms in total. The molecule has 0 unspecified atom stereocenters. The zero-order chi connectivity index (χ0) is 18.6. The topological polar surface area (TPSA) is 59.0 Å². The molecule has 2 aromatic carbocycles. The number of aliphatic hydroxyl groups is 1. The molecule has 0 saturated heterocycles. The van der Waals surface area contributed by atoms with Gasteiger partial charge < -0.3 is 19.5 Å². The molecule has 1 heterocycles. The van der Waals surface area contributed by atoms with Crippen LogP contribution < -0.4 is 4.90 Å². The van der Waals surface area contributed by atoms with E-state index in [4.69, 9.17) is 9.47 Å². The molecule has 1 atom stereocenters. The number of carbonyl (C=O) groups excluding carboxylic acids is 1. The minimum Gasteiger partial charge on any atom is -0.375 e. The van der Waals surface area contributed by atoms with E-state index in [9.17, 15) is 9.90 Å². The van der Waals surface area contributed by atoms with Crippen molar-refractivity contribution in [3.63, 3.8) is 0 Å². The standard InChI is InChI=1S/C21H25NO4/c1-3-25-19(26-4-2)14-21(24)17-12-8-9-13-18(17)22(20(21)23)15-16-10-6-5-7-11-16/h5-13,19,24H,3-4,14-15H2,1-2H3/t21-/m0/s1. The quantitative estimate of drug-likeness (QED) is 0.739. The summed E-state index contributed by atoms with van der Waals surface area (Å²) in [7, 11) is 0. The minimum absolute atomic E-state index is 0.0653. The van der Waals surface area contributed by atoms with Crippen LogP contribution in [0, 0.1) is 0 Å². The summed E-state index contributed by atoms with van der Waals surface area (Å²) in [5.74, 6) is -0.341. The first kappa shape index (κ1) is 18.6. The van der Waals surface area contributed by atoms with Gasteiger partial charge in [-0.05, 0) is 25.5 Å². The van der Waals surface area contributed by atoms with Gasteiger partial charge in [-0.2, -0.15) is 0 Å². The number of carbonyl (C=O) groups is 1. The van der Waals surface area contributed by atoms with E-state index >= 15 is 0 Å². The fourth-order valence-corrected chi connectivity index (χ4v) is 3.41. The van der Waals surface area contributed by atoms with Gasteiger partial charge in [0, 0.05) is 25.2 Å². The normalized spacial score (nSPS) is 19.2. The summed E-state index contributed by atoms with van der Waals surface area (Å²) in [6.45, 7) is 5.03. The number of hydrogen-bond acceptors (Lipinski definition) is 4. The summed E-state index contributed by atoms with van der Waals surface area (Å²) in [5, 5.41) is 11.3. The highest BCUT2D eigenvalue weighted by Crippen LogP contribution is 2.43. The number of amides is 1. The maximum atomic E-state index is 13.2. The molecule has 5 heteroatoms. The Labute approximate surface area is 154 Å². The van der Waals surface area contributed by atoms with Gasteiger partial charge in [0.15, 0.2) is 11.9 Å². The van der Waals surface area contributed by atoms with Crippen molar-refractivity contribution in [2.24, 2.45) is 0 Å². The first-order chi connectivity index (χ1) is 12.6. The fourth-order valence-electron chi connectivity index (χ4n) is 3.41. The van der Waals surface area contributed by atoms with Crippen LogP contribution in [0.2, 0.25) is 0 Å².